The molecule has 1 heterocycles. The summed E-state index contributed by atoms with van der Waals surface area (Å²) in [5, 5.41) is 12.2. The zero-order chi connectivity index (χ0) is 13.1. The molecule has 0 amide bonds. The molecule has 0 aromatic rings. The van der Waals surface area contributed by atoms with E-state index in [-0.39, 0.29) is 0 Å². The standard InChI is InChI=1S/C14H30N2O2/c1-18-12-7-15-13-14-5-9-16(10-6-14)8-3-2-4-11-17/h14-15,17H,2-13H2,1H3. The third kappa shape index (κ3) is 7.31. The molecule has 1 rings (SSSR count). The molecular weight excluding hydrogens is 228 g/mol. The molecule has 0 atom stereocenters. The summed E-state index contributed by atoms with van der Waals surface area (Å²) < 4.78 is 5.02. The lowest BCUT2D eigenvalue weighted by Gasteiger charge is -2.32. The zero-order valence-corrected chi connectivity index (χ0v) is 11.9. The average Bonchev–Trinajstić information content (AvgIpc) is 2.41. The first kappa shape index (κ1) is 15.9. The van der Waals surface area contributed by atoms with Gasteiger partial charge in [-0.15, -0.1) is 0 Å². The van der Waals surface area contributed by atoms with Crippen molar-refractivity contribution in [1.82, 2.24) is 10.2 Å². The van der Waals surface area contributed by atoms with Crippen LogP contribution in [0.4, 0.5) is 0 Å². The number of nitrogens with one attached hydrogen (secondary N) is 1. The molecule has 1 aliphatic rings. The fourth-order valence-corrected chi connectivity index (χ4v) is 2.52. The van der Waals surface area contributed by atoms with Crippen LogP contribution in [0, 0.1) is 5.92 Å². The molecule has 0 aromatic heterocycles. The Morgan fingerprint density at radius 2 is 2.00 bits per heavy atom. The lowest BCUT2D eigenvalue weighted by atomic mass is 9.96. The zero-order valence-electron chi connectivity index (χ0n) is 11.9. The molecule has 1 fully saturated rings. The molecule has 18 heavy (non-hydrogen) atoms. The molecule has 0 aromatic carbocycles. The van der Waals surface area contributed by atoms with Crippen molar-refractivity contribution in [3.8, 4) is 0 Å². The number of aliphatic hydroxyl groups excluding tert-OH is 1. The number of piperidine rings is 1. The Bertz CT molecular complexity index is 163. The second-order valence-corrected chi connectivity index (χ2v) is 5.27. The fourth-order valence-electron chi connectivity index (χ4n) is 2.52. The molecule has 0 unspecified atom stereocenters. The molecule has 2 N–H and O–H groups in total. The molecule has 4 heteroatoms. The molecule has 1 saturated heterocycles. The summed E-state index contributed by atoms with van der Waals surface area (Å²) in [7, 11) is 1.75. The minimum Gasteiger partial charge on any atom is -0.396 e. The van der Waals surface area contributed by atoms with E-state index in [9.17, 15) is 0 Å². The summed E-state index contributed by atoms with van der Waals surface area (Å²) in [4.78, 5) is 2.57. The second kappa shape index (κ2) is 10.7. The summed E-state index contributed by atoms with van der Waals surface area (Å²) in [5.41, 5.74) is 0. The Hall–Kier alpha value is -0.160. The van der Waals surface area contributed by atoms with Crippen LogP contribution in [0.1, 0.15) is 32.1 Å². The number of rotatable bonds is 10. The van der Waals surface area contributed by atoms with Gasteiger partial charge in [-0.1, -0.05) is 0 Å². The van der Waals surface area contributed by atoms with E-state index in [0.717, 1.165) is 38.5 Å². The van der Waals surface area contributed by atoms with E-state index in [4.69, 9.17) is 9.84 Å². The van der Waals surface area contributed by atoms with E-state index < -0.39 is 0 Å². The maximum atomic E-state index is 8.73. The first-order chi connectivity index (χ1) is 8.86. The summed E-state index contributed by atoms with van der Waals surface area (Å²) in [6, 6.07) is 0. The monoisotopic (exact) mass is 258 g/mol. The average molecular weight is 258 g/mol. The van der Waals surface area contributed by atoms with Gasteiger partial charge in [-0.05, 0) is 64.2 Å². The maximum Gasteiger partial charge on any atom is 0.0587 e. The second-order valence-electron chi connectivity index (χ2n) is 5.27. The number of aliphatic hydroxyl groups is 1. The van der Waals surface area contributed by atoms with E-state index in [2.05, 4.69) is 10.2 Å². The van der Waals surface area contributed by atoms with Crippen molar-refractivity contribution in [1.29, 1.82) is 0 Å². The number of unbranched alkanes of at least 4 members (excludes halogenated alkanes) is 2. The SMILES string of the molecule is COCCNCC1CCN(CCCCCO)CC1. The third-order valence-electron chi connectivity index (χ3n) is 3.76. The van der Waals surface area contributed by atoms with Gasteiger partial charge >= 0.3 is 0 Å². The van der Waals surface area contributed by atoms with Gasteiger partial charge in [-0.2, -0.15) is 0 Å². The van der Waals surface area contributed by atoms with Crippen molar-refractivity contribution in [3.63, 3.8) is 0 Å². The number of hydrogen-bond donors (Lipinski definition) is 2. The van der Waals surface area contributed by atoms with E-state index in [1.54, 1.807) is 7.11 Å². The number of nitrogens with zero attached hydrogens (tertiary/aromatic N) is 1. The van der Waals surface area contributed by atoms with Gasteiger partial charge in [-0.3, -0.25) is 0 Å². The molecule has 4 nitrogen and oxygen atoms in total. The van der Waals surface area contributed by atoms with Crippen molar-refractivity contribution in [2.75, 3.05) is 53.0 Å². The van der Waals surface area contributed by atoms with Gasteiger partial charge in [0.1, 0.15) is 0 Å². The van der Waals surface area contributed by atoms with Crippen LogP contribution < -0.4 is 5.32 Å². The van der Waals surface area contributed by atoms with E-state index in [1.807, 2.05) is 0 Å². The van der Waals surface area contributed by atoms with Crippen LogP contribution in [-0.2, 0) is 4.74 Å². The van der Waals surface area contributed by atoms with Crippen molar-refractivity contribution in [2.45, 2.75) is 32.1 Å². The number of hydrogen-bond acceptors (Lipinski definition) is 4. The number of likely N-dealkylation sites (tertiary alicyclic amines) is 1. The first-order valence-corrected chi connectivity index (χ1v) is 7.39. The molecule has 1 aliphatic heterocycles. The van der Waals surface area contributed by atoms with Gasteiger partial charge in [0.05, 0.1) is 6.61 Å². The summed E-state index contributed by atoms with van der Waals surface area (Å²) in [6.45, 7) is 6.97. The van der Waals surface area contributed by atoms with Crippen LogP contribution in [-0.4, -0.2) is 63.1 Å². The van der Waals surface area contributed by atoms with Crippen LogP contribution in [0.2, 0.25) is 0 Å². The molecular formula is C14H30N2O2. The van der Waals surface area contributed by atoms with Gasteiger partial charge in [0.2, 0.25) is 0 Å². The Labute approximate surface area is 112 Å². The summed E-state index contributed by atoms with van der Waals surface area (Å²) in [5.74, 6) is 0.843. The molecule has 0 bridgehead atoms. The van der Waals surface area contributed by atoms with Crippen LogP contribution in [0.5, 0.6) is 0 Å². The van der Waals surface area contributed by atoms with Crippen LogP contribution in [0.25, 0.3) is 0 Å². The van der Waals surface area contributed by atoms with Gasteiger partial charge in [0.15, 0.2) is 0 Å². The normalized spacial score (nSPS) is 18.3. The Balaban J connectivity index is 1.95. The lowest BCUT2D eigenvalue weighted by Crippen LogP contribution is -2.38. The quantitative estimate of drug-likeness (QED) is 0.576. The molecule has 0 saturated carbocycles. The number of methoxy groups -OCH3 is 1. The summed E-state index contributed by atoms with van der Waals surface area (Å²) in [6.07, 6.45) is 5.99. The highest BCUT2D eigenvalue weighted by Crippen LogP contribution is 2.16. The van der Waals surface area contributed by atoms with Gasteiger partial charge in [0, 0.05) is 20.3 Å². The van der Waals surface area contributed by atoms with Crippen LogP contribution >= 0.6 is 0 Å². The summed E-state index contributed by atoms with van der Waals surface area (Å²) >= 11 is 0. The minimum absolute atomic E-state index is 0.342. The van der Waals surface area contributed by atoms with Gasteiger partial charge < -0.3 is 20.1 Å². The van der Waals surface area contributed by atoms with Crippen molar-refractivity contribution in [3.05, 3.63) is 0 Å². The predicted octanol–water partition coefficient (Wildman–Crippen LogP) is 1.10. The van der Waals surface area contributed by atoms with Crippen molar-refractivity contribution >= 4 is 0 Å². The highest BCUT2D eigenvalue weighted by Gasteiger charge is 2.18. The fraction of sp³-hybridized carbons (Fsp3) is 1.00. The maximum absolute atomic E-state index is 8.73. The Morgan fingerprint density at radius 3 is 2.67 bits per heavy atom. The third-order valence-corrected chi connectivity index (χ3v) is 3.76. The van der Waals surface area contributed by atoms with Gasteiger partial charge in [0.25, 0.3) is 0 Å². The molecule has 0 spiro atoms. The van der Waals surface area contributed by atoms with Crippen LogP contribution in [0.15, 0.2) is 0 Å². The largest absolute Gasteiger partial charge is 0.396 e. The van der Waals surface area contributed by atoms with Crippen LogP contribution in [0.3, 0.4) is 0 Å². The highest BCUT2D eigenvalue weighted by atomic mass is 16.5. The molecule has 0 aliphatic carbocycles. The topological polar surface area (TPSA) is 44.7 Å². The Morgan fingerprint density at radius 1 is 1.22 bits per heavy atom. The predicted molar refractivity (Wildman–Crippen MR) is 74.8 cm³/mol. The Kier molecular flexibility index (Phi) is 9.48. The molecule has 108 valence electrons. The lowest BCUT2D eigenvalue weighted by molar-refractivity contribution is 0.170. The smallest absolute Gasteiger partial charge is 0.0587 e. The first-order valence-electron chi connectivity index (χ1n) is 7.39. The number of ether oxygens (including phenoxy) is 1. The van der Waals surface area contributed by atoms with E-state index in [0.29, 0.717) is 6.61 Å². The van der Waals surface area contributed by atoms with E-state index in [1.165, 1.54) is 38.9 Å². The minimum atomic E-state index is 0.342. The van der Waals surface area contributed by atoms with Gasteiger partial charge in [-0.25, -0.2) is 0 Å². The highest BCUT2D eigenvalue weighted by molar-refractivity contribution is 4.73. The van der Waals surface area contributed by atoms with Crippen molar-refractivity contribution < 1.29 is 9.84 Å². The molecule has 0 radical (unpaired) electrons. The van der Waals surface area contributed by atoms with Crippen molar-refractivity contribution in [2.24, 2.45) is 5.92 Å². The van der Waals surface area contributed by atoms with E-state index >= 15 is 0 Å².